The van der Waals surface area contributed by atoms with E-state index in [1.807, 2.05) is 25.6 Å². The van der Waals surface area contributed by atoms with Crippen molar-refractivity contribution in [2.75, 3.05) is 18.8 Å². The molecule has 1 aliphatic rings. The second-order valence-corrected chi connectivity index (χ2v) is 6.12. The Labute approximate surface area is 92.1 Å². The van der Waals surface area contributed by atoms with Gasteiger partial charge in [-0.3, -0.25) is 4.90 Å². The number of thioether (sulfide) groups is 1. The quantitative estimate of drug-likeness (QED) is 0.782. The van der Waals surface area contributed by atoms with Gasteiger partial charge < -0.3 is 5.11 Å². The molecular formula is C11H23NOS. The van der Waals surface area contributed by atoms with Crippen LogP contribution in [0.1, 0.15) is 34.1 Å². The fourth-order valence-electron chi connectivity index (χ4n) is 1.77. The van der Waals surface area contributed by atoms with E-state index in [2.05, 4.69) is 18.7 Å². The standard InChI is InChI=1S/C11H23NOS/c1-5-11(4,13)8-12-6-7-14-10(3)9(12)2/h9-10,13H,5-8H2,1-4H3. The van der Waals surface area contributed by atoms with Crippen LogP contribution in [-0.4, -0.2) is 45.7 Å². The maximum absolute atomic E-state index is 10.0. The van der Waals surface area contributed by atoms with Gasteiger partial charge in [-0.15, -0.1) is 0 Å². The van der Waals surface area contributed by atoms with Crippen LogP contribution in [0.15, 0.2) is 0 Å². The molecule has 0 spiro atoms. The maximum atomic E-state index is 10.0. The summed E-state index contributed by atoms with van der Waals surface area (Å²) in [5.74, 6) is 1.20. The zero-order valence-electron chi connectivity index (χ0n) is 9.79. The van der Waals surface area contributed by atoms with Gasteiger partial charge in [-0.2, -0.15) is 11.8 Å². The fourth-order valence-corrected chi connectivity index (χ4v) is 2.93. The van der Waals surface area contributed by atoms with Crippen molar-refractivity contribution in [2.45, 2.75) is 51.0 Å². The third-order valence-corrected chi connectivity index (χ3v) is 4.66. The van der Waals surface area contributed by atoms with Gasteiger partial charge in [0.15, 0.2) is 0 Å². The minimum absolute atomic E-state index is 0.518. The summed E-state index contributed by atoms with van der Waals surface area (Å²) in [5, 5.41) is 10.7. The van der Waals surface area contributed by atoms with Crippen LogP contribution in [0, 0.1) is 0 Å². The topological polar surface area (TPSA) is 23.5 Å². The Morgan fingerprint density at radius 1 is 1.50 bits per heavy atom. The molecule has 0 aromatic heterocycles. The van der Waals surface area contributed by atoms with E-state index in [9.17, 15) is 5.11 Å². The Morgan fingerprint density at radius 2 is 2.14 bits per heavy atom. The summed E-state index contributed by atoms with van der Waals surface area (Å²) < 4.78 is 0. The molecule has 0 aromatic carbocycles. The highest BCUT2D eigenvalue weighted by Crippen LogP contribution is 2.26. The SMILES string of the molecule is CCC(C)(O)CN1CCSC(C)C1C. The summed E-state index contributed by atoms with van der Waals surface area (Å²) in [4.78, 5) is 2.42. The molecule has 0 radical (unpaired) electrons. The smallest absolute Gasteiger partial charge is 0.0743 e. The minimum Gasteiger partial charge on any atom is -0.389 e. The number of rotatable bonds is 3. The summed E-state index contributed by atoms with van der Waals surface area (Å²) in [7, 11) is 0. The van der Waals surface area contributed by atoms with Crippen LogP contribution in [0.25, 0.3) is 0 Å². The normalized spacial score (nSPS) is 34.1. The lowest BCUT2D eigenvalue weighted by Crippen LogP contribution is -2.50. The van der Waals surface area contributed by atoms with E-state index in [4.69, 9.17) is 0 Å². The van der Waals surface area contributed by atoms with Crippen molar-refractivity contribution < 1.29 is 5.11 Å². The van der Waals surface area contributed by atoms with Crippen molar-refractivity contribution in [3.8, 4) is 0 Å². The van der Waals surface area contributed by atoms with Gasteiger partial charge >= 0.3 is 0 Å². The Bertz CT molecular complexity index is 184. The largest absolute Gasteiger partial charge is 0.389 e. The maximum Gasteiger partial charge on any atom is 0.0743 e. The zero-order valence-corrected chi connectivity index (χ0v) is 10.6. The van der Waals surface area contributed by atoms with Crippen molar-refractivity contribution in [1.29, 1.82) is 0 Å². The van der Waals surface area contributed by atoms with E-state index in [0.717, 1.165) is 19.5 Å². The first-order valence-corrected chi connectivity index (χ1v) is 6.59. The molecule has 0 aromatic rings. The molecule has 0 bridgehead atoms. The lowest BCUT2D eigenvalue weighted by Gasteiger charge is -2.41. The highest BCUT2D eigenvalue weighted by molar-refractivity contribution is 8.00. The molecule has 0 amide bonds. The van der Waals surface area contributed by atoms with Crippen LogP contribution in [0.3, 0.4) is 0 Å². The van der Waals surface area contributed by atoms with Crippen LogP contribution >= 0.6 is 11.8 Å². The summed E-state index contributed by atoms with van der Waals surface area (Å²) in [5.41, 5.74) is -0.518. The second kappa shape index (κ2) is 4.86. The molecular weight excluding hydrogens is 194 g/mol. The highest BCUT2D eigenvalue weighted by Gasteiger charge is 2.30. The second-order valence-electron chi connectivity index (χ2n) is 4.64. The van der Waals surface area contributed by atoms with Gasteiger partial charge in [0.05, 0.1) is 5.60 Å². The number of aliphatic hydroxyl groups is 1. The van der Waals surface area contributed by atoms with Gasteiger partial charge in [0.25, 0.3) is 0 Å². The lowest BCUT2D eigenvalue weighted by molar-refractivity contribution is 0.00615. The molecule has 1 heterocycles. The van der Waals surface area contributed by atoms with Gasteiger partial charge in [-0.05, 0) is 20.3 Å². The number of hydrogen-bond acceptors (Lipinski definition) is 3. The predicted octanol–water partition coefficient (Wildman–Crippen LogP) is 1.97. The molecule has 0 aliphatic carbocycles. The number of β-amino-alcohol motifs (C(OH)–C–C–N with tert-alkyl or cyclic N) is 1. The van der Waals surface area contributed by atoms with Crippen molar-refractivity contribution in [2.24, 2.45) is 0 Å². The lowest BCUT2D eigenvalue weighted by atomic mass is 10.0. The average molecular weight is 217 g/mol. The van der Waals surface area contributed by atoms with E-state index in [0.29, 0.717) is 11.3 Å². The number of nitrogens with zero attached hydrogens (tertiary/aromatic N) is 1. The van der Waals surface area contributed by atoms with E-state index in [1.54, 1.807) is 0 Å². The zero-order chi connectivity index (χ0) is 10.8. The Morgan fingerprint density at radius 3 is 2.71 bits per heavy atom. The third-order valence-electron chi connectivity index (χ3n) is 3.32. The van der Waals surface area contributed by atoms with Crippen LogP contribution < -0.4 is 0 Å². The molecule has 1 N–H and O–H groups in total. The summed E-state index contributed by atoms with van der Waals surface area (Å²) >= 11 is 2.04. The molecule has 3 atom stereocenters. The van der Waals surface area contributed by atoms with Crippen molar-refractivity contribution in [3.63, 3.8) is 0 Å². The third kappa shape index (κ3) is 3.14. The van der Waals surface area contributed by atoms with Crippen molar-refractivity contribution in [1.82, 2.24) is 4.90 Å². The van der Waals surface area contributed by atoms with Gasteiger partial charge in [0.1, 0.15) is 0 Å². The Kier molecular flexibility index (Phi) is 4.29. The summed E-state index contributed by atoms with van der Waals surface area (Å²) in [6.07, 6.45) is 0.831. The molecule has 0 saturated carbocycles. The van der Waals surface area contributed by atoms with E-state index >= 15 is 0 Å². The molecule has 14 heavy (non-hydrogen) atoms. The monoisotopic (exact) mass is 217 g/mol. The summed E-state index contributed by atoms with van der Waals surface area (Å²) in [6, 6.07) is 0.590. The fraction of sp³-hybridized carbons (Fsp3) is 1.00. The average Bonchev–Trinajstić information content (AvgIpc) is 2.13. The van der Waals surface area contributed by atoms with Gasteiger partial charge in [0.2, 0.25) is 0 Å². The molecule has 1 saturated heterocycles. The van der Waals surface area contributed by atoms with Crippen molar-refractivity contribution in [3.05, 3.63) is 0 Å². The van der Waals surface area contributed by atoms with E-state index < -0.39 is 5.60 Å². The van der Waals surface area contributed by atoms with Crippen LogP contribution in [0.5, 0.6) is 0 Å². The van der Waals surface area contributed by atoms with Crippen LogP contribution in [0.4, 0.5) is 0 Å². The Balaban J connectivity index is 2.51. The van der Waals surface area contributed by atoms with E-state index in [1.165, 1.54) is 5.75 Å². The van der Waals surface area contributed by atoms with Crippen LogP contribution in [0.2, 0.25) is 0 Å². The molecule has 1 aliphatic heterocycles. The molecule has 1 rings (SSSR count). The molecule has 1 fully saturated rings. The van der Waals surface area contributed by atoms with Gasteiger partial charge in [-0.25, -0.2) is 0 Å². The first kappa shape index (κ1) is 12.3. The molecule has 3 heteroatoms. The van der Waals surface area contributed by atoms with Gasteiger partial charge in [0, 0.05) is 30.1 Å². The summed E-state index contributed by atoms with van der Waals surface area (Å²) in [6.45, 7) is 10.5. The first-order chi connectivity index (χ1) is 6.46. The predicted molar refractivity (Wildman–Crippen MR) is 63.9 cm³/mol. The highest BCUT2D eigenvalue weighted by atomic mass is 32.2. The molecule has 3 unspecified atom stereocenters. The van der Waals surface area contributed by atoms with Crippen molar-refractivity contribution >= 4 is 11.8 Å². The number of hydrogen-bond donors (Lipinski definition) is 1. The van der Waals surface area contributed by atoms with Gasteiger partial charge in [-0.1, -0.05) is 13.8 Å². The van der Waals surface area contributed by atoms with E-state index in [-0.39, 0.29) is 0 Å². The molecule has 2 nitrogen and oxygen atoms in total. The van der Waals surface area contributed by atoms with Crippen LogP contribution in [-0.2, 0) is 0 Å². The molecule has 84 valence electrons. The first-order valence-electron chi connectivity index (χ1n) is 5.54. The minimum atomic E-state index is -0.518. The Hall–Kier alpha value is 0.270.